The zero-order valence-electron chi connectivity index (χ0n) is 21.5. The number of nitrogens with zero attached hydrogens (tertiary/aromatic N) is 3. The first-order valence-corrected chi connectivity index (χ1v) is 11.7. The summed E-state index contributed by atoms with van der Waals surface area (Å²) in [4.78, 5) is 33.5. The second kappa shape index (κ2) is 13.4. The van der Waals surface area contributed by atoms with Gasteiger partial charge in [-0.25, -0.2) is 19.7 Å². The number of anilines is 3. The van der Waals surface area contributed by atoms with Crippen molar-refractivity contribution >= 4 is 29.1 Å². The van der Waals surface area contributed by atoms with Gasteiger partial charge in [0, 0.05) is 35.9 Å². The van der Waals surface area contributed by atoms with Gasteiger partial charge in [-0.3, -0.25) is 4.79 Å². The van der Waals surface area contributed by atoms with Crippen LogP contribution < -0.4 is 15.4 Å². The molecule has 1 amide bonds. The lowest BCUT2D eigenvalue weighted by atomic mass is 10.1. The van der Waals surface area contributed by atoms with E-state index in [1.165, 1.54) is 7.11 Å². The van der Waals surface area contributed by atoms with Crippen LogP contribution >= 0.6 is 0 Å². The largest absolute Gasteiger partial charge is 0.497 e. The van der Waals surface area contributed by atoms with E-state index in [1.54, 1.807) is 67.0 Å². The second-order valence-corrected chi connectivity index (χ2v) is 8.23. The van der Waals surface area contributed by atoms with Crippen LogP contribution in [-0.4, -0.2) is 45.2 Å². The van der Waals surface area contributed by atoms with E-state index in [9.17, 15) is 31.1 Å². The Balaban J connectivity index is 0.000000616. The van der Waals surface area contributed by atoms with Crippen LogP contribution in [0, 0.1) is 0 Å². The molecule has 2 aromatic carbocycles. The molecule has 0 spiro atoms. The van der Waals surface area contributed by atoms with Gasteiger partial charge in [0.1, 0.15) is 11.6 Å². The Hall–Kier alpha value is -5.21. The molecule has 0 unspecified atom stereocenters. The number of carboxylic acid groups (broad SMARTS) is 1. The minimum atomic E-state index is -5.08. The third-order valence-electron chi connectivity index (χ3n) is 5.25. The summed E-state index contributed by atoms with van der Waals surface area (Å²) in [5.74, 6) is -2.20. The highest BCUT2D eigenvalue weighted by Gasteiger charge is 2.38. The molecule has 0 aliphatic carbocycles. The number of carbonyl (C=O) groups is 2. The number of benzene rings is 2. The summed E-state index contributed by atoms with van der Waals surface area (Å²) in [6.07, 6.45) is -5.96. The number of hydrogen-bond acceptors (Lipinski definition) is 7. The van der Waals surface area contributed by atoms with Gasteiger partial charge < -0.3 is 20.5 Å². The number of nitrogens with one attached hydrogen (secondary N) is 2. The van der Waals surface area contributed by atoms with E-state index in [0.29, 0.717) is 34.6 Å². The monoisotopic (exact) mass is 593 g/mol. The van der Waals surface area contributed by atoms with Crippen LogP contribution in [0.2, 0.25) is 0 Å². The number of rotatable bonds is 7. The summed E-state index contributed by atoms with van der Waals surface area (Å²) in [7, 11) is 1.54. The molecule has 9 nitrogen and oxygen atoms in total. The molecule has 0 aliphatic heterocycles. The third kappa shape index (κ3) is 8.90. The Kier molecular flexibility index (Phi) is 10.0. The molecular weight excluding hydrogens is 572 g/mol. The van der Waals surface area contributed by atoms with E-state index >= 15 is 0 Å². The molecule has 3 N–H and O–H groups in total. The van der Waals surface area contributed by atoms with Crippen molar-refractivity contribution in [3.63, 3.8) is 0 Å². The van der Waals surface area contributed by atoms with Crippen molar-refractivity contribution in [2.24, 2.45) is 0 Å². The molecule has 220 valence electrons. The van der Waals surface area contributed by atoms with Crippen molar-refractivity contribution in [3.8, 4) is 17.1 Å². The summed E-state index contributed by atoms with van der Waals surface area (Å²) in [5, 5.41) is 12.5. The van der Waals surface area contributed by atoms with Crippen molar-refractivity contribution in [1.82, 2.24) is 15.0 Å². The number of methoxy groups -OCH3 is 1. The summed E-state index contributed by atoms with van der Waals surface area (Å²) in [5.41, 5.74) is 0.351. The van der Waals surface area contributed by atoms with Crippen LogP contribution in [0.15, 0.2) is 79.3 Å². The molecule has 0 saturated heterocycles. The number of pyridine rings is 1. The maximum absolute atomic E-state index is 13.7. The predicted molar refractivity (Wildman–Crippen MR) is 139 cm³/mol. The number of carboxylic acids is 1. The van der Waals surface area contributed by atoms with Gasteiger partial charge in [0.25, 0.3) is 0 Å². The molecule has 15 heteroatoms. The lowest BCUT2D eigenvalue weighted by Crippen LogP contribution is -2.21. The molecular formula is C27H21F6N5O4. The molecule has 0 radical (unpaired) electrons. The lowest BCUT2D eigenvalue weighted by molar-refractivity contribution is -0.192. The van der Waals surface area contributed by atoms with E-state index in [1.807, 2.05) is 0 Å². The lowest BCUT2D eigenvalue weighted by Gasteiger charge is -2.17. The second-order valence-electron chi connectivity index (χ2n) is 8.23. The SMILES string of the molecule is COc1ccc(CC(=O)Nc2cc(Nc3ccccc3-c3ncccn3)c(C(F)(F)F)cn2)cc1.O=C(O)C(F)(F)F. The van der Waals surface area contributed by atoms with E-state index in [4.69, 9.17) is 14.6 Å². The van der Waals surface area contributed by atoms with Crippen molar-refractivity contribution in [1.29, 1.82) is 0 Å². The minimum absolute atomic E-state index is 0.0175. The highest BCUT2D eigenvalue weighted by Crippen LogP contribution is 2.38. The number of aliphatic carboxylic acids is 1. The van der Waals surface area contributed by atoms with Gasteiger partial charge in [-0.1, -0.05) is 24.3 Å². The molecule has 4 rings (SSSR count). The van der Waals surface area contributed by atoms with Crippen LogP contribution in [0.1, 0.15) is 11.1 Å². The number of aromatic nitrogens is 3. The zero-order chi connectivity index (χ0) is 30.9. The number of hydrogen-bond donors (Lipinski definition) is 3. The Bertz CT molecular complexity index is 1510. The quantitative estimate of drug-likeness (QED) is 0.219. The molecule has 0 aliphatic rings. The van der Waals surface area contributed by atoms with Gasteiger partial charge in [0.15, 0.2) is 5.82 Å². The molecule has 0 saturated carbocycles. The van der Waals surface area contributed by atoms with Crippen LogP contribution in [0.3, 0.4) is 0 Å². The number of carbonyl (C=O) groups excluding carboxylic acids is 1. The topological polar surface area (TPSA) is 126 Å². The first-order chi connectivity index (χ1) is 19.8. The van der Waals surface area contributed by atoms with Crippen molar-refractivity contribution in [2.45, 2.75) is 18.8 Å². The van der Waals surface area contributed by atoms with Crippen LogP contribution in [0.25, 0.3) is 11.4 Å². The fourth-order valence-corrected chi connectivity index (χ4v) is 3.34. The first kappa shape index (κ1) is 31.3. The van der Waals surface area contributed by atoms with Gasteiger partial charge in [-0.05, 0) is 35.9 Å². The van der Waals surface area contributed by atoms with Crippen molar-refractivity contribution in [2.75, 3.05) is 17.7 Å². The fourth-order valence-electron chi connectivity index (χ4n) is 3.34. The Morgan fingerprint density at radius 2 is 1.50 bits per heavy atom. The number of amides is 1. The molecule has 0 atom stereocenters. The fraction of sp³-hybridized carbons (Fsp3) is 0.148. The first-order valence-electron chi connectivity index (χ1n) is 11.7. The smallest absolute Gasteiger partial charge is 0.490 e. The van der Waals surface area contributed by atoms with Crippen LogP contribution in [0.5, 0.6) is 5.75 Å². The summed E-state index contributed by atoms with van der Waals surface area (Å²) < 4.78 is 78.0. The van der Waals surface area contributed by atoms with Gasteiger partial charge in [0.2, 0.25) is 5.91 Å². The van der Waals surface area contributed by atoms with Gasteiger partial charge in [0.05, 0.1) is 24.8 Å². The number of alkyl halides is 6. The third-order valence-corrected chi connectivity index (χ3v) is 5.25. The molecule has 0 bridgehead atoms. The van der Waals surface area contributed by atoms with E-state index in [0.717, 1.165) is 6.07 Å². The maximum Gasteiger partial charge on any atom is 0.490 e. The summed E-state index contributed by atoms with van der Waals surface area (Å²) in [6.45, 7) is 0. The number of ether oxygens (including phenoxy) is 1. The van der Waals surface area contributed by atoms with Gasteiger partial charge in [-0.2, -0.15) is 26.3 Å². The molecule has 2 aromatic heterocycles. The van der Waals surface area contributed by atoms with Crippen molar-refractivity contribution in [3.05, 3.63) is 90.4 Å². The van der Waals surface area contributed by atoms with E-state index < -0.39 is 29.8 Å². The molecule has 4 aromatic rings. The molecule has 42 heavy (non-hydrogen) atoms. The van der Waals surface area contributed by atoms with Crippen LogP contribution in [0.4, 0.5) is 43.5 Å². The Morgan fingerprint density at radius 1 is 0.881 bits per heavy atom. The summed E-state index contributed by atoms with van der Waals surface area (Å²) in [6, 6.07) is 16.4. The molecule has 0 fully saturated rings. The van der Waals surface area contributed by atoms with Crippen LogP contribution in [-0.2, 0) is 22.2 Å². The summed E-state index contributed by atoms with van der Waals surface area (Å²) >= 11 is 0. The predicted octanol–water partition coefficient (Wildman–Crippen LogP) is 6.12. The normalized spacial score (nSPS) is 11.1. The van der Waals surface area contributed by atoms with Gasteiger partial charge in [-0.15, -0.1) is 0 Å². The highest BCUT2D eigenvalue weighted by molar-refractivity contribution is 5.92. The van der Waals surface area contributed by atoms with Crippen molar-refractivity contribution < 1.29 is 45.8 Å². The average molecular weight is 593 g/mol. The average Bonchev–Trinajstić information content (AvgIpc) is 2.93. The minimum Gasteiger partial charge on any atom is -0.497 e. The zero-order valence-corrected chi connectivity index (χ0v) is 21.5. The van der Waals surface area contributed by atoms with E-state index in [2.05, 4.69) is 25.6 Å². The standard InChI is InChI=1S/C25H20F3N5O2.C2HF3O2/c1-35-17-9-7-16(8-10-17)13-23(34)33-22-14-21(19(15-31-22)25(26,27)28)32-20-6-3-2-5-18(20)24-29-11-4-12-30-24;3-2(4,5)1(6)7/h2-12,14-15H,13H2,1H3,(H2,31,32,33,34);(H,6,7). The number of para-hydroxylation sites is 1. The maximum atomic E-state index is 13.7. The highest BCUT2D eigenvalue weighted by atomic mass is 19.4. The number of halogens is 6. The Morgan fingerprint density at radius 3 is 2.07 bits per heavy atom. The van der Waals surface area contributed by atoms with E-state index in [-0.39, 0.29) is 17.9 Å². The Labute approximate surface area is 234 Å². The van der Waals surface area contributed by atoms with Gasteiger partial charge >= 0.3 is 18.3 Å². The molecule has 2 heterocycles.